The van der Waals surface area contributed by atoms with Crippen molar-refractivity contribution in [3.63, 3.8) is 0 Å². The van der Waals surface area contributed by atoms with Crippen molar-refractivity contribution in [2.24, 2.45) is 0 Å². The smallest absolute Gasteiger partial charge is 0.258 e. The van der Waals surface area contributed by atoms with Crippen molar-refractivity contribution in [2.45, 2.75) is 6.42 Å². The third kappa shape index (κ3) is 4.12. The number of carbonyl (C=O) groups excluding carboxylic acids is 2. The van der Waals surface area contributed by atoms with Crippen molar-refractivity contribution in [2.75, 3.05) is 12.4 Å². The first-order valence-electron chi connectivity index (χ1n) is 9.39. The molecule has 2 aromatic carbocycles. The normalized spacial score (nSPS) is 10.6. The van der Waals surface area contributed by atoms with Gasteiger partial charge in [0.25, 0.3) is 5.91 Å². The summed E-state index contributed by atoms with van der Waals surface area (Å²) in [5, 5.41) is 12.2. The molecule has 30 heavy (non-hydrogen) atoms. The molecule has 150 valence electrons. The Hall–Kier alpha value is -4.20. The summed E-state index contributed by atoms with van der Waals surface area (Å²) in [6, 6.07) is 16.8. The van der Waals surface area contributed by atoms with E-state index in [-0.39, 0.29) is 18.2 Å². The van der Waals surface area contributed by atoms with E-state index in [0.717, 1.165) is 16.8 Å². The number of anilines is 1. The van der Waals surface area contributed by atoms with Gasteiger partial charge in [0.05, 0.1) is 18.3 Å². The van der Waals surface area contributed by atoms with E-state index in [9.17, 15) is 9.59 Å². The number of rotatable bonds is 6. The predicted octanol–water partition coefficient (Wildman–Crippen LogP) is 2.80. The van der Waals surface area contributed by atoms with Crippen molar-refractivity contribution in [3.05, 3.63) is 84.4 Å². The van der Waals surface area contributed by atoms with Gasteiger partial charge in [0.1, 0.15) is 0 Å². The van der Waals surface area contributed by atoms with E-state index in [1.807, 2.05) is 42.5 Å². The fourth-order valence-electron chi connectivity index (χ4n) is 3.06. The SMILES string of the molecule is CNC(=O)Cc1cn(-c2ccccc2)c(NC(=O)c2cccc(-c3cn[nH]c3)c2)n1. The number of para-hydroxylation sites is 1. The van der Waals surface area contributed by atoms with E-state index >= 15 is 0 Å². The second kappa shape index (κ2) is 8.44. The summed E-state index contributed by atoms with van der Waals surface area (Å²) >= 11 is 0. The van der Waals surface area contributed by atoms with Gasteiger partial charge in [0.15, 0.2) is 0 Å². The van der Waals surface area contributed by atoms with Crippen LogP contribution in [0, 0.1) is 0 Å². The molecule has 0 saturated carbocycles. The van der Waals surface area contributed by atoms with Gasteiger partial charge in [-0.05, 0) is 29.8 Å². The number of aromatic amines is 1. The van der Waals surface area contributed by atoms with Crippen molar-refractivity contribution in [3.8, 4) is 16.8 Å². The third-order valence-electron chi connectivity index (χ3n) is 4.59. The lowest BCUT2D eigenvalue weighted by Crippen LogP contribution is -2.20. The molecule has 0 aliphatic heterocycles. The second-order valence-electron chi connectivity index (χ2n) is 6.63. The Balaban J connectivity index is 1.64. The number of hydrogen-bond acceptors (Lipinski definition) is 4. The molecule has 0 saturated heterocycles. The summed E-state index contributed by atoms with van der Waals surface area (Å²) < 4.78 is 1.76. The van der Waals surface area contributed by atoms with Crippen LogP contribution >= 0.6 is 0 Å². The van der Waals surface area contributed by atoms with Crippen LogP contribution in [-0.4, -0.2) is 38.6 Å². The Bertz CT molecular complexity index is 1170. The standard InChI is InChI=1S/C22H20N6O2/c1-23-20(29)11-18-14-28(19-8-3-2-4-9-19)22(26-18)27-21(30)16-7-5-6-15(10-16)17-12-24-25-13-17/h2-10,12-14H,11H2,1H3,(H,23,29)(H,24,25)(H,26,27,30). The van der Waals surface area contributed by atoms with Crippen molar-refractivity contribution >= 4 is 17.8 Å². The van der Waals surface area contributed by atoms with Gasteiger partial charge in [0, 0.05) is 36.3 Å². The maximum atomic E-state index is 12.9. The highest BCUT2D eigenvalue weighted by molar-refractivity contribution is 6.04. The summed E-state index contributed by atoms with van der Waals surface area (Å²) in [6.07, 6.45) is 5.34. The first kappa shape index (κ1) is 19.1. The van der Waals surface area contributed by atoms with Gasteiger partial charge in [-0.1, -0.05) is 30.3 Å². The summed E-state index contributed by atoms with van der Waals surface area (Å²) in [5.74, 6) is -0.105. The Labute approximate surface area is 173 Å². The molecule has 2 aromatic heterocycles. The van der Waals surface area contributed by atoms with Crippen LogP contribution < -0.4 is 10.6 Å². The van der Waals surface area contributed by atoms with Gasteiger partial charge in [-0.3, -0.25) is 24.6 Å². The summed E-state index contributed by atoms with van der Waals surface area (Å²) in [6.45, 7) is 0. The van der Waals surface area contributed by atoms with Crippen LogP contribution in [0.25, 0.3) is 16.8 Å². The van der Waals surface area contributed by atoms with Gasteiger partial charge >= 0.3 is 0 Å². The minimum absolute atomic E-state index is 0.120. The molecule has 0 atom stereocenters. The summed E-state index contributed by atoms with van der Waals surface area (Å²) in [4.78, 5) is 29.2. The van der Waals surface area contributed by atoms with Crippen LogP contribution in [0.3, 0.4) is 0 Å². The van der Waals surface area contributed by atoms with Crippen LogP contribution in [0.5, 0.6) is 0 Å². The molecule has 0 fully saturated rings. The Morgan fingerprint density at radius 3 is 2.63 bits per heavy atom. The number of nitrogens with one attached hydrogen (secondary N) is 3. The van der Waals surface area contributed by atoms with Crippen molar-refractivity contribution in [1.82, 2.24) is 25.1 Å². The van der Waals surface area contributed by atoms with E-state index < -0.39 is 0 Å². The number of amides is 2. The van der Waals surface area contributed by atoms with Crippen molar-refractivity contribution in [1.29, 1.82) is 0 Å². The molecular formula is C22H20N6O2. The van der Waals surface area contributed by atoms with Crippen LogP contribution in [0.4, 0.5) is 5.95 Å². The molecule has 0 aliphatic rings. The molecule has 0 spiro atoms. The average Bonchev–Trinajstić information content (AvgIpc) is 3.45. The van der Waals surface area contributed by atoms with Gasteiger partial charge in [-0.15, -0.1) is 0 Å². The number of benzene rings is 2. The van der Waals surface area contributed by atoms with Gasteiger partial charge in [-0.25, -0.2) is 4.98 Å². The largest absolute Gasteiger partial charge is 0.359 e. The van der Waals surface area contributed by atoms with Crippen LogP contribution in [0.2, 0.25) is 0 Å². The second-order valence-corrected chi connectivity index (χ2v) is 6.63. The molecule has 0 radical (unpaired) electrons. The number of hydrogen-bond donors (Lipinski definition) is 3. The maximum absolute atomic E-state index is 12.9. The Kier molecular flexibility index (Phi) is 5.38. The number of nitrogens with zero attached hydrogens (tertiary/aromatic N) is 3. The molecule has 2 heterocycles. The zero-order chi connectivity index (χ0) is 20.9. The average molecular weight is 400 g/mol. The van der Waals surface area contributed by atoms with E-state index in [0.29, 0.717) is 17.2 Å². The minimum atomic E-state index is -0.297. The number of H-pyrrole nitrogens is 1. The van der Waals surface area contributed by atoms with Crippen LogP contribution in [-0.2, 0) is 11.2 Å². The van der Waals surface area contributed by atoms with E-state index in [2.05, 4.69) is 25.8 Å². The summed E-state index contributed by atoms with van der Waals surface area (Å²) in [5.41, 5.74) is 3.65. The molecule has 8 heteroatoms. The number of carbonyl (C=O) groups is 2. The molecule has 4 aromatic rings. The third-order valence-corrected chi connectivity index (χ3v) is 4.59. The fraction of sp³-hybridized carbons (Fsp3) is 0.0909. The zero-order valence-corrected chi connectivity index (χ0v) is 16.3. The van der Waals surface area contributed by atoms with E-state index in [4.69, 9.17) is 0 Å². The lowest BCUT2D eigenvalue weighted by molar-refractivity contribution is -0.120. The summed E-state index contributed by atoms with van der Waals surface area (Å²) in [7, 11) is 1.58. The molecule has 4 rings (SSSR count). The monoisotopic (exact) mass is 400 g/mol. The highest BCUT2D eigenvalue weighted by Gasteiger charge is 2.16. The maximum Gasteiger partial charge on any atom is 0.258 e. The minimum Gasteiger partial charge on any atom is -0.359 e. The zero-order valence-electron chi connectivity index (χ0n) is 16.3. The van der Waals surface area contributed by atoms with E-state index in [1.165, 1.54) is 0 Å². The van der Waals surface area contributed by atoms with Crippen LogP contribution in [0.15, 0.2) is 73.2 Å². The van der Waals surface area contributed by atoms with Gasteiger partial charge in [-0.2, -0.15) is 5.10 Å². The Morgan fingerprint density at radius 2 is 1.90 bits per heavy atom. The molecule has 3 N–H and O–H groups in total. The van der Waals surface area contributed by atoms with Gasteiger partial charge < -0.3 is 5.32 Å². The number of likely N-dealkylation sites (N-methyl/N-ethyl adjacent to an activating group) is 1. The predicted molar refractivity (Wildman–Crippen MR) is 113 cm³/mol. The quantitative estimate of drug-likeness (QED) is 0.463. The number of imidazole rings is 1. The lowest BCUT2D eigenvalue weighted by Gasteiger charge is -2.09. The van der Waals surface area contributed by atoms with E-state index in [1.54, 1.807) is 42.3 Å². The highest BCUT2D eigenvalue weighted by Crippen LogP contribution is 2.21. The Morgan fingerprint density at radius 1 is 1.07 bits per heavy atom. The fourth-order valence-corrected chi connectivity index (χ4v) is 3.06. The highest BCUT2D eigenvalue weighted by atomic mass is 16.2. The first-order valence-corrected chi connectivity index (χ1v) is 9.39. The van der Waals surface area contributed by atoms with Crippen molar-refractivity contribution < 1.29 is 9.59 Å². The molecule has 0 bridgehead atoms. The topological polar surface area (TPSA) is 105 Å². The molecule has 0 aliphatic carbocycles. The number of aromatic nitrogens is 4. The molecule has 8 nitrogen and oxygen atoms in total. The first-order chi connectivity index (χ1) is 14.6. The lowest BCUT2D eigenvalue weighted by atomic mass is 10.1. The molecule has 2 amide bonds. The molecular weight excluding hydrogens is 380 g/mol. The molecule has 0 unspecified atom stereocenters. The van der Waals surface area contributed by atoms with Crippen LogP contribution in [0.1, 0.15) is 16.1 Å². The van der Waals surface area contributed by atoms with Gasteiger partial charge in [0.2, 0.25) is 11.9 Å².